The lowest BCUT2D eigenvalue weighted by molar-refractivity contribution is 0.0696. The van der Waals surface area contributed by atoms with Gasteiger partial charge >= 0.3 is 5.97 Å². The summed E-state index contributed by atoms with van der Waals surface area (Å²) in [5, 5.41) is 12.0. The van der Waals surface area contributed by atoms with Gasteiger partial charge in [-0.15, -0.1) is 0 Å². The maximum atomic E-state index is 10.8. The Morgan fingerprint density at radius 2 is 2.22 bits per heavy atom. The number of hydrogen-bond acceptors (Lipinski definition) is 3. The Kier molecular flexibility index (Phi) is 5.94. The van der Waals surface area contributed by atoms with Crippen molar-refractivity contribution < 1.29 is 14.6 Å². The van der Waals surface area contributed by atoms with E-state index in [0.717, 1.165) is 13.1 Å². The van der Waals surface area contributed by atoms with Crippen LogP contribution >= 0.6 is 0 Å². The van der Waals surface area contributed by atoms with Gasteiger partial charge in [0.25, 0.3) is 0 Å². The first-order chi connectivity index (χ1) is 8.59. The third kappa shape index (κ3) is 5.50. The van der Waals surface area contributed by atoms with Crippen molar-refractivity contribution in [2.24, 2.45) is 0 Å². The minimum atomic E-state index is -0.942. The van der Waals surface area contributed by atoms with E-state index in [4.69, 9.17) is 9.84 Å². The molecular formula is C14H19NO3. The molecule has 0 heterocycles. The fraction of sp³-hybridized carbons (Fsp3) is 0.357. The van der Waals surface area contributed by atoms with E-state index in [2.05, 4.69) is 25.2 Å². The molecule has 18 heavy (non-hydrogen) atoms. The van der Waals surface area contributed by atoms with Crippen LogP contribution in [0.2, 0.25) is 0 Å². The molecule has 0 fully saturated rings. The predicted octanol–water partition coefficient (Wildman–Crippen LogP) is 2.32. The van der Waals surface area contributed by atoms with Crippen molar-refractivity contribution >= 4 is 5.97 Å². The van der Waals surface area contributed by atoms with Gasteiger partial charge in [-0.3, -0.25) is 0 Å². The van der Waals surface area contributed by atoms with Crippen LogP contribution in [0, 0.1) is 0 Å². The van der Waals surface area contributed by atoms with Crippen molar-refractivity contribution in [2.75, 3.05) is 19.7 Å². The van der Waals surface area contributed by atoms with Gasteiger partial charge < -0.3 is 15.2 Å². The summed E-state index contributed by atoms with van der Waals surface area (Å²) in [6.45, 7) is 6.16. The second-order valence-corrected chi connectivity index (χ2v) is 4.17. The number of benzene rings is 1. The standard InChI is InChI=1S/C14H19NO3/c1-11(2)6-7-15-8-9-18-13-5-3-4-12(10-13)14(16)17/h3-6,10,15H,7-9H2,1-2H3,(H,16,17). The molecule has 0 saturated heterocycles. The molecule has 4 nitrogen and oxygen atoms in total. The van der Waals surface area contributed by atoms with Crippen molar-refractivity contribution in [3.8, 4) is 5.75 Å². The molecule has 4 heteroatoms. The summed E-state index contributed by atoms with van der Waals surface area (Å²) in [6.07, 6.45) is 2.10. The Morgan fingerprint density at radius 1 is 1.44 bits per heavy atom. The number of rotatable bonds is 7. The highest BCUT2D eigenvalue weighted by atomic mass is 16.5. The van der Waals surface area contributed by atoms with Crippen molar-refractivity contribution in [3.05, 3.63) is 41.5 Å². The second kappa shape index (κ2) is 7.50. The Labute approximate surface area is 107 Å². The molecule has 2 N–H and O–H groups in total. The first-order valence-electron chi connectivity index (χ1n) is 5.90. The van der Waals surface area contributed by atoms with Gasteiger partial charge in [-0.2, -0.15) is 0 Å². The second-order valence-electron chi connectivity index (χ2n) is 4.17. The fourth-order valence-electron chi connectivity index (χ4n) is 1.34. The lowest BCUT2D eigenvalue weighted by atomic mass is 10.2. The number of carboxylic acids is 1. The zero-order valence-electron chi connectivity index (χ0n) is 10.8. The van der Waals surface area contributed by atoms with E-state index in [-0.39, 0.29) is 5.56 Å². The summed E-state index contributed by atoms with van der Waals surface area (Å²) >= 11 is 0. The molecule has 0 unspecified atom stereocenters. The zero-order valence-corrected chi connectivity index (χ0v) is 10.8. The topological polar surface area (TPSA) is 58.6 Å². The normalized spacial score (nSPS) is 9.89. The molecule has 0 aliphatic heterocycles. The molecule has 1 rings (SSSR count). The molecule has 0 amide bonds. The molecule has 0 atom stereocenters. The van der Waals surface area contributed by atoms with Gasteiger partial charge in [0, 0.05) is 13.1 Å². The SMILES string of the molecule is CC(C)=CCNCCOc1cccc(C(=O)O)c1. The number of nitrogens with one attached hydrogen (secondary N) is 1. The van der Waals surface area contributed by atoms with E-state index >= 15 is 0 Å². The van der Waals surface area contributed by atoms with Crippen LogP contribution in [0.3, 0.4) is 0 Å². The van der Waals surface area contributed by atoms with E-state index in [9.17, 15) is 4.79 Å². The zero-order chi connectivity index (χ0) is 13.4. The third-order valence-corrected chi connectivity index (χ3v) is 2.28. The molecule has 0 saturated carbocycles. The molecule has 0 aliphatic rings. The Bertz CT molecular complexity index is 423. The summed E-state index contributed by atoms with van der Waals surface area (Å²) < 4.78 is 5.46. The average molecular weight is 249 g/mol. The number of ether oxygens (including phenoxy) is 1. The lowest BCUT2D eigenvalue weighted by Crippen LogP contribution is -2.21. The van der Waals surface area contributed by atoms with Gasteiger partial charge in [0.15, 0.2) is 0 Å². The fourth-order valence-corrected chi connectivity index (χ4v) is 1.34. The largest absolute Gasteiger partial charge is 0.492 e. The predicted molar refractivity (Wildman–Crippen MR) is 71.2 cm³/mol. The van der Waals surface area contributed by atoms with Crippen molar-refractivity contribution in [2.45, 2.75) is 13.8 Å². The van der Waals surface area contributed by atoms with Crippen LogP contribution in [-0.4, -0.2) is 30.8 Å². The molecule has 0 aliphatic carbocycles. The summed E-state index contributed by atoms with van der Waals surface area (Å²) in [5.41, 5.74) is 1.52. The Morgan fingerprint density at radius 3 is 2.89 bits per heavy atom. The van der Waals surface area contributed by atoms with Crippen molar-refractivity contribution in [1.82, 2.24) is 5.32 Å². The van der Waals surface area contributed by atoms with Crippen LogP contribution in [0.5, 0.6) is 5.75 Å². The van der Waals surface area contributed by atoms with E-state index < -0.39 is 5.97 Å². The number of allylic oxidation sites excluding steroid dienone is 1. The number of aromatic carboxylic acids is 1. The maximum Gasteiger partial charge on any atom is 0.335 e. The van der Waals surface area contributed by atoms with E-state index in [1.165, 1.54) is 11.6 Å². The van der Waals surface area contributed by atoms with Crippen LogP contribution in [-0.2, 0) is 0 Å². The minimum absolute atomic E-state index is 0.241. The summed E-state index contributed by atoms with van der Waals surface area (Å²) in [7, 11) is 0. The molecule has 1 aromatic carbocycles. The molecule has 0 radical (unpaired) electrons. The highest BCUT2D eigenvalue weighted by molar-refractivity contribution is 5.87. The van der Waals surface area contributed by atoms with Gasteiger partial charge in [0.1, 0.15) is 12.4 Å². The molecule has 98 valence electrons. The summed E-state index contributed by atoms with van der Waals surface area (Å²) in [6, 6.07) is 6.50. The van der Waals surface area contributed by atoms with Gasteiger partial charge in [-0.1, -0.05) is 17.7 Å². The van der Waals surface area contributed by atoms with Crippen LogP contribution in [0.15, 0.2) is 35.9 Å². The van der Waals surface area contributed by atoms with E-state index in [1.54, 1.807) is 18.2 Å². The molecule has 0 aromatic heterocycles. The first kappa shape index (κ1) is 14.3. The quantitative estimate of drug-likeness (QED) is 0.575. The summed E-state index contributed by atoms with van der Waals surface area (Å²) in [5.74, 6) is -0.360. The van der Waals surface area contributed by atoms with Gasteiger partial charge in [0.2, 0.25) is 0 Å². The number of carboxylic acid groups (broad SMARTS) is 1. The van der Waals surface area contributed by atoms with Gasteiger partial charge in [-0.25, -0.2) is 4.79 Å². The van der Waals surface area contributed by atoms with Crippen LogP contribution < -0.4 is 10.1 Å². The van der Waals surface area contributed by atoms with E-state index in [1.807, 2.05) is 0 Å². The van der Waals surface area contributed by atoms with Crippen LogP contribution in [0.1, 0.15) is 24.2 Å². The highest BCUT2D eigenvalue weighted by Gasteiger charge is 2.03. The van der Waals surface area contributed by atoms with Crippen LogP contribution in [0.4, 0.5) is 0 Å². The van der Waals surface area contributed by atoms with E-state index in [0.29, 0.717) is 12.4 Å². The van der Waals surface area contributed by atoms with Crippen molar-refractivity contribution in [1.29, 1.82) is 0 Å². The first-order valence-corrected chi connectivity index (χ1v) is 5.90. The number of hydrogen-bond donors (Lipinski definition) is 2. The molecule has 1 aromatic rings. The molecule has 0 spiro atoms. The monoisotopic (exact) mass is 249 g/mol. The Hall–Kier alpha value is -1.81. The lowest BCUT2D eigenvalue weighted by Gasteiger charge is -2.07. The highest BCUT2D eigenvalue weighted by Crippen LogP contribution is 2.12. The maximum absolute atomic E-state index is 10.8. The van der Waals surface area contributed by atoms with Gasteiger partial charge in [0.05, 0.1) is 5.56 Å². The third-order valence-electron chi connectivity index (χ3n) is 2.28. The Balaban J connectivity index is 2.29. The smallest absolute Gasteiger partial charge is 0.335 e. The van der Waals surface area contributed by atoms with Gasteiger partial charge in [-0.05, 0) is 32.0 Å². The number of carbonyl (C=O) groups is 1. The minimum Gasteiger partial charge on any atom is -0.492 e. The molecule has 0 bridgehead atoms. The van der Waals surface area contributed by atoms with Crippen molar-refractivity contribution in [3.63, 3.8) is 0 Å². The molecular weight excluding hydrogens is 230 g/mol. The van der Waals surface area contributed by atoms with Crippen LogP contribution in [0.25, 0.3) is 0 Å². The average Bonchev–Trinajstić information content (AvgIpc) is 2.33. The summed E-state index contributed by atoms with van der Waals surface area (Å²) in [4.78, 5) is 10.8.